The molecule has 1 aliphatic rings. The van der Waals surface area contributed by atoms with Crippen LogP contribution in [0.1, 0.15) is 25.7 Å². The molecule has 1 saturated carbocycles. The first-order valence-electron chi connectivity index (χ1n) is 6.97. The van der Waals surface area contributed by atoms with E-state index in [4.69, 9.17) is 9.84 Å². The van der Waals surface area contributed by atoms with Crippen molar-refractivity contribution in [3.05, 3.63) is 28.7 Å². The molecule has 6 heteroatoms. The van der Waals surface area contributed by atoms with E-state index in [1.54, 1.807) is 0 Å². The molecule has 0 aromatic heterocycles. The molecule has 21 heavy (non-hydrogen) atoms. The predicted molar refractivity (Wildman–Crippen MR) is 81.2 cm³/mol. The Bertz CT molecular complexity index is 516. The summed E-state index contributed by atoms with van der Waals surface area (Å²) in [5.41, 5.74) is 0. The Balaban J connectivity index is 1.66. The second-order valence-corrected chi connectivity index (χ2v) is 6.05. The van der Waals surface area contributed by atoms with E-state index in [0.717, 1.165) is 23.1 Å². The maximum Gasteiger partial charge on any atom is 0.326 e. The number of carbonyl (C=O) groups excluding carboxylic acids is 1. The zero-order chi connectivity index (χ0) is 15.2. The fourth-order valence-corrected chi connectivity index (χ4v) is 2.41. The van der Waals surface area contributed by atoms with Gasteiger partial charge >= 0.3 is 5.97 Å². The van der Waals surface area contributed by atoms with Crippen molar-refractivity contribution >= 4 is 27.8 Å². The number of rotatable bonds is 8. The van der Waals surface area contributed by atoms with Crippen LogP contribution in [0.15, 0.2) is 28.7 Å². The molecular weight excluding hydrogens is 338 g/mol. The number of hydrogen-bond donors (Lipinski definition) is 2. The van der Waals surface area contributed by atoms with Crippen LogP contribution in [0, 0.1) is 5.92 Å². The van der Waals surface area contributed by atoms with Gasteiger partial charge in [0, 0.05) is 10.9 Å². The summed E-state index contributed by atoms with van der Waals surface area (Å²) in [5, 5.41) is 11.6. The van der Waals surface area contributed by atoms with Crippen molar-refractivity contribution in [2.45, 2.75) is 31.7 Å². The smallest absolute Gasteiger partial charge is 0.326 e. The molecule has 5 nitrogen and oxygen atoms in total. The number of amides is 1. The Kier molecular flexibility index (Phi) is 5.61. The van der Waals surface area contributed by atoms with Gasteiger partial charge in [-0.25, -0.2) is 4.79 Å². The number of nitrogens with one attached hydrogen (secondary N) is 1. The molecule has 114 valence electrons. The van der Waals surface area contributed by atoms with Crippen LogP contribution < -0.4 is 10.1 Å². The lowest BCUT2D eigenvalue weighted by atomic mass is 10.2. The van der Waals surface area contributed by atoms with E-state index in [1.165, 1.54) is 0 Å². The number of carboxylic acid groups (broad SMARTS) is 1. The molecule has 1 unspecified atom stereocenters. The second-order valence-electron chi connectivity index (χ2n) is 5.13. The molecule has 0 aliphatic heterocycles. The molecule has 0 radical (unpaired) electrons. The van der Waals surface area contributed by atoms with Gasteiger partial charge in [-0.05, 0) is 43.4 Å². The molecule has 1 amide bonds. The van der Waals surface area contributed by atoms with E-state index in [2.05, 4.69) is 21.2 Å². The molecule has 1 fully saturated rings. The first-order chi connectivity index (χ1) is 10.1. The molecule has 0 bridgehead atoms. The normalized spacial score (nSPS) is 15.3. The lowest BCUT2D eigenvalue weighted by Crippen LogP contribution is -2.42. The van der Waals surface area contributed by atoms with Gasteiger partial charge in [0.2, 0.25) is 5.91 Å². The van der Waals surface area contributed by atoms with Crippen molar-refractivity contribution in [3.8, 4) is 5.75 Å². The SMILES string of the molecule is O=C(CCCOc1cccc(Br)c1)NC(C(=O)O)C1CC1. The highest BCUT2D eigenvalue weighted by atomic mass is 79.9. The topological polar surface area (TPSA) is 75.6 Å². The highest BCUT2D eigenvalue weighted by molar-refractivity contribution is 9.10. The molecule has 2 rings (SSSR count). The number of halogens is 1. The first kappa shape index (κ1) is 15.8. The minimum Gasteiger partial charge on any atom is -0.494 e. The van der Waals surface area contributed by atoms with Crippen LogP contribution in [0.5, 0.6) is 5.75 Å². The Morgan fingerprint density at radius 3 is 2.81 bits per heavy atom. The van der Waals surface area contributed by atoms with Crippen molar-refractivity contribution in [1.29, 1.82) is 0 Å². The number of benzene rings is 1. The highest BCUT2D eigenvalue weighted by Crippen LogP contribution is 2.32. The number of aliphatic carboxylic acids is 1. The van der Waals surface area contributed by atoms with E-state index in [0.29, 0.717) is 13.0 Å². The summed E-state index contributed by atoms with van der Waals surface area (Å²) in [6.07, 6.45) is 2.58. The molecule has 1 aromatic rings. The zero-order valence-corrected chi connectivity index (χ0v) is 13.1. The summed E-state index contributed by atoms with van der Waals surface area (Å²) in [4.78, 5) is 22.7. The van der Waals surface area contributed by atoms with Crippen molar-refractivity contribution in [1.82, 2.24) is 5.32 Å². The number of hydrogen-bond acceptors (Lipinski definition) is 3. The lowest BCUT2D eigenvalue weighted by molar-refractivity contribution is -0.142. The predicted octanol–water partition coefficient (Wildman–Crippen LogP) is 2.59. The second kappa shape index (κ2) is 7.45. The summed E-state index contributed by atoms with van der Waals surface area (Å²) < 4.78 is 6.46. The van der Waals surface area contributed by atoms with Gasteiger partial charge in [-0.3, -0.25) is 4.79 Å². The van der Waals surface area contributed by atoms with Gasteiger partial charge in [-0.2, -0.15) is 0 Å². The first-order valence-corrected chi connectivity index (χ1v) is 7.76. The van der Waals surface area contributed by atoms with Crippen LogP contribution in [0.3, 0.4) is 0 Å². The zero-order valence-electron chi connectivity index (χ0n) is 11.5. The van der Waals surface area contributed by atoms with E-state index in [-0.39, 0.29) is 18.2 Å². The van der Waals surface area contributed by atoms with E-state index in [9.17, 15) is 9.59 Å². The molecule has 1 atom stereocenters. The van der Waals surface area contributed by atoms with Crippen molar-refractivity contribution in [2.24, 2.45) is 5.92 Å². The Morgan fingerprint density at radius 2 is 2.19 bits per heavy atom. The molecule has 2 N–H and O–H groups in total. The number of ether oxygens (including phenoxy) is 1. The van der Waals surface area contributed by atoms with Crippen LogP contribution >= 0.6 is 15.9 Å². The van der Waals surface area contributed by atoms with Gasteiger partial charge in [0.15, 0.2) is 0 Å². The minimum atomic E-state index is -0.948. The highest BCUT2D eigenvalue weighted by Gasteiger charge is 2.37. The molecular formula is C15H18BrNO4. The van der Waals surface area contributed by atoms with Gasteiger partial charge in [0.05, 0.1) is 6.61 Å². The average molecular weight is 356 g/mol. The monoisotopic (exact) mass is 355 g/mol. The van der Waals surface area contributed by atoms with Crippen LogP contribution in [-0.4, -0.2) is 29.6 Å². The van der Waals surface area contributed by atoms with Crippen LogP contribution in [0.4, 0.5) is 0 Å². The van der Waals surface area contributed by atoms with Gasteiger partial charge < -0.3 is 15.2 Å². The maximum absolute atomic E-state index is 11.7. The van der Waals surface area contributed by atoms with E-state index < -0.39 is 12.0 Å². The van der Waals surface area contributed by atoms with Crippen LogP contribution in [0.25, 0.3) is 0 Å². The summed E-state index contributed by atoms with van der Waals surface area (Å²) in [7, 11) is 0. The van der Waals surface area contributed by atoms with E-state index in [1.807, 2.05) is 24.3 Å². The third-order valence-electron chi connectivity index (χ3n) is 3.29. The molecule has 1 aromatic carbocycles. The van der Waals surface area contributed by atoms with Crippen molar-refractivity contribution in [2.75, 3.05) is 6.61 Å². The number of carboxylic acids is 1. The molecule has 0 saturated heterocycles. The van der Waals surface area contributed by atoms with Gasteiger partial charge in [-0.15, -0.1) is 0 Å². The fourth-order valence-electron chi connectivity index (χ4n) is 2.04. The van der Waals surface area contributed by atoms with Crippen LogP contribution in [0.2, 0.25) is 0 Å². The summed E-state index contributed by atoms with van der Waals surface area (Å²) >= 11 is 3.35. The fraction of sp³-hybridized carbons (Fsp3) is 0.467. The van der Waals surface area contributed by atoms with E-state index >= 15 is 0 Å². The largest absolute Gasteiger partial charge is 0.494 e. The lowest BCUT2D eigenvalue weighted by Gasteiger charge is -2.13. The molecule has 1 aliphatic carbocycles. The minimum absolute atomic E-state index is 0.101. The Hall–Kier alpha value is -1.56. The summed E-state index contributed by atoms with van der Waals surface area (Å²) in [6.45, 7) is 0.422. The van der Waals surface area contributed by atoms with Crippen LogP contribution in [-0.2, 0) is 9.59 Å². The van der Waals surface area contributed by atoms with Crippen molar-refractivity contribution in [3.63, 3.8) is 0 Å². The maximum atomic E-state index is 11.7. The summed E-state index contributed by atoms with van der Waals surface area (Å²) in [6, 6.07) is 6.75. The van der Waals surface area contributed by atoms with Gasteiger partial charge in [0.1, 0.15) is 11.8 Å². The molecule has 0 spiro atoms. The third-order valence-corrected chi connectivity index (χ3v) is 3.78. The average Bonchev–Trinajstić information content (AvgIpc) is 3.25. The Labute approximate surface area is 131 Å². The summed E-state index contributed by atoms with van der Waals surface area (Å²) in [5.74, 6) is -0.334. The van der Waals surface area contributed by atoms with Gasteiger partial charge in [0.25, 0.3) is 0 Å². The van der Waals surface area contributed by atoms with Gasteiger partial charge in [-0.1, -0.05) is 22.0 Å². The molecule has 0 heterocycles. The van der Waals surface area contributed by atoms with Crippen molar-refractivity contribution < 1.29 is 19.4 Å². The third kappa shape index (κ3) is 5.38. The standard InChI is InChI=1S/C15H18BrNO4/c16-11-3-1-4-12(9-11)21-8-2-5-13(18)17-14(15(19)20)10-6-7-10/h1,3-4,9-10,14H,2,5-8H2,(H,17,18)(H,19,20). The quantitative estimate of drug-likeness (QED) is 0.702. The number of carbonyl (C=O) groups is 2. The Morgan fingerprint density at radius 1 is 1.43 bits per heavy atom.